The van der Waals surface area contributed by atoms with E-state index in [0.717, 1.165) is 0 Å². The third-order valence-corrected chi connectivity index (χ3v) is 3.53. The van der Waals surface area contributed by atoms with Crippen LogP contribution in [0.1, 0.15) is 10.4 Å². The molecule has 1 heterocycles. The Labute approximate surface area is 125 Å². The first kappa shape index (κ1) is 12.8. The molecule has 0 saturated carbocycles. The van der Waals surface area contributed by atoms with Crippen molar-refractivity contribution in [3.63, 3.8) is 0 Å². The van der Waals surface area contributed by atoms with Crippen molar-refractivity contribution in [1.29, 1.82) is 0 Å². The second-order valence-corrected chi connectivity index (χ2v) is 4.56. The summed E-state index contributed by atoms with van der Waals surface area (Å²) in [5.74, 6) is 0.575. The van der Waals surface area contributed by atoms with Crippen LogP contribution in [-0.4, -0.2) is 15.2 Å². The number of rotatable bonds is 3. The third kappa shape index (κ3) is 2.46. The second kappa shape index (κ2) is 5.34. The summed E-state index contributed by atoms with van der Waals surface area (Å²) in [5, 5.41) is 0.709. The van der Waals surface area contributed by atoms with Gasteiger partial charge in [0, 0.05) is 17.0 Å². The van der Waals surface area contributed by atoms with Gasteiger partial charge in [-0.15, -0.1) is 0 Å². The van der Waals surface area contributed by atoms with Crippen LogP contribution in [0.3, 0.4) is 0 Å². The molecule has 0 bridgehead atoms. The van der Waals surface area contributed by atoms with E-state index in [1.165, 1.54) is 6.07 Å². The zero-order valence-electron chi connectivity index (χ0n) is 8.50. The van der Waals surface area contributed by atoms with Crippen LogP contribution in [-0.2, 0) is 0 Å². The number of pyridine rings is 1. The number of H-pyrrole nitrogens is 1. The SMILES string of the molecule is O=C(CI)c1ccc(OI)c2[nH]c(=O)ccc12. The van der Waals surface area contributed by atoms with Gasteiger partial charge in [-0.1, -0.05) is 22.6 Å². The van der Waals surface area contributed by atoms with Gasteiger partial charge >= 0.3 is 0 Å². The molecule has 4 nitrogen and oxygen atoms in total. The van der Waals surface area contributed by atoms with Crippen LogP contribution in [0.25, 0.3) is 10.9 Å². The number of benzene rings is 1. The molecule has 0 radical (unpaired) electrons. The van der Waals surface area contributed by atoms with Crippen LogP contribution >= 0.6 is 45.6 Å². The number of halogens is 2. The van der Waals surface area contributed by atoms with E-state index in [4.69, 9.17) is 3.07 Å². The van der Waals surface area contributed by atoms with Crippen LogP contribution in [0, 0.1) is 0 Å². The minimum Gasteiger partial charge on any atom is -0.425 e. The van der Waals surface area contributed by atoms with E-state index >= 15 is 0 Å². The van der Waals surface area contributed by atoms with Gasteiger partial charge in [-0.2, -0.15) is 0 Å². The molecular formula is C11H7I2NO3. The lowest BCUT2D eigenvalue weighted by molar-refractivity contribution is 0.102. The number of carbonyl (C=O) groups excluding carboxylic acids is 1. The highest BCUT2D eigenvalue weighted by atomic mass is 127. The average Bonchev–Trinajstić information content (AvgIpc) is 2.36. The monoisotopic (exact) mass is 455 g/mol. The van der Waals surface area contributed by atoms with Crippen LogP contribution in [0.2, 0.25) is 0 Å². The lowest BCUT2D eigenvalue weighted by Gasteiger charge is -2.07. The second-order valence-electron chi connectivity index (χ2n) is 3.36. The molecule has 2 aromatic rings. The van der Waals surface area contributed by atoms with Gasteiger partial charge in [-0.05, 0) is 18.2 Å². The van der Waals surface area contributed by atoms with Gasteiger partial charge in [0.05, 0.1) is 9.94 Å². The van der Waals surface area contributed by atoms with E-state index in [-0.39, 0.29) is 11.3 Å². The van der Waals surface area contributed by atoms with Gasteiger partial charge in [0.1, 0.15) is 0 Å². The molecule has 0 atom stereocenters. The van der Waals surface area contributed by atoms with Gasteiger partial charge < -0.3 is 8.05 Å². The van der Waals surface area contributed by atoms with E-state index in [9.17, 15) is 9.59 Å². The largest absolute Gasteiger partial charge is 0.425 e. The Hall–Kier alpha value is -0.640. The van der Waals surface area contributed by atoms with Crippen molar-refractivity contribution in [2.75, 3.05) is 4.43 Å². The molecule has 6 heteroatoms. The molecule has 0 amide bonds. The van der Waals surface area contributed by atoms with Crippen LogP contribution in [0.4, 0.5) is 0 Å². The topological polar surface area (TPSA) is 59.2 Å². The number of alkyl halides is 1. The van der Waals surface area contributed by atoms with E-state index in [2.05, 4.69) is 4.98 Å². The Morgan fingerprint density at radius 3 is 2.71 bits per heavy atom. The van der Waals surface area contributed by atoms with Crippen molar-refractivity contribution in [2.24, 2.45) is 0 Å². The molecular weight excluding hydrogens is 448 g/mol. The normalized spacial score (nSPS) is 10.5. The first-order valence-corrected chi connectivity index (χ1v) is 7.12. The van der Waals surface area contributed by atoms with Crippen molar-refractivity contribution < 1.29 is 7.86 Å². The predicted molar refractivity (Wildman–Crippen MR) is 82.4 cm³/mol. The van der Waals surface area contributed by atoms with Crippen molar-refractivity contribution in [3.8, 4) is 5.75 Å². The fraction of sp³-hybridized carbons (Fsp3) is 0.0909. The molecule has 1 aromatic heterocycles. The van der Waals surface area contributed by atoms with Gasteiger partial charge in [0.2, 0.25) is 5.56 Å². The van der Waals surface area contributed by atoms with E-state index < -0.39 is 0 Å². The van der Waals surface area contributed by atoms with Gasteiger partial charge in [-0.25, -0.2) is 0 Å². The number of ketones is 1. The summed E-state index contributed by atoms with van der Waals surface area (Å²) in [6.45, 7) is 0. The molecule has 0 fully saturated rings. The number of fused-ring (bicyclic) bond motifs is 1. The number of carbonyl (C=O) groups is 1. The summed E-state index contributed by atoms with van der Waals surface area (Å²) in [5.41, 5.74) is 0.941. The summed E-state index contributed by atoms with van der Waals surface area (Å²) >= 11 is 3.76. The highest BCUT2D eigenvalue weighted by molar-refractivity contribution is 14.1. The van der Waals surface area contributed by atoms with Crippen molar-refractivity contribution in [2.45, 2.75) is 0 Å². The van der Waals surface area contributed by atoms with Gasteiger partial charge in [-0.3, -0.25) is 9.59 Å². The van der Waals surface area contributed by atoms with Crippen LogP contribution in [0.15, 0.2) is 29.1 Å². The zero-order valence-corrected chi connectivity index (χ0v) is 12.8. The number of aromatic nitrogens is 1. The molecule has 0 spiro atoms. The lowest BCUT2D eigenvalue weighted by Crippen LogP contribution is -2.07. The first-order chi connectivity index (χ1) is 8.17. The fourth-order valence-electron chi connectivity index (χ4n) is 1.60. The zero-order chi connectivity index (χ0) is 12.4. The van der Waals surface area contributed by atoms with Crippen molar-refractivity contribution in [3.05, 3.63) is 40.2 Å². The summed E-state index contributed by atoms with van der Waals surface area (Å²) in [6, 6.07) is 6.45. The predicted octanol–water partition coefficient (Wildman–Crippen LogP) is 2.87. The molecule has 1 aromatic carbocycles. The van der Waals surface area contributed by atoms with Crippen LogP contribution < -0.4 is 8.63 Å². The maximum Gasteiger partial charge on any atom is 0.248 e. The highest BCUT2D eigenvalue weighted by Crippen LogP contribution is 2.27. The Bertz CT molecular complexity index is 636. The molecule has 2 rings (SSSR count). The lowest BCUT2D eigenvalue weighted by atomic mass is 10.0. The molecule has 0 aliphatic rings. The molecule has 0 aliphatic carbocycles. The number of hydrogen-bond acceptors (Lipinski definition) is 3. The summed E-state index contributed by atoms with van der Waals surface area (Å²) < 4.78 is 5.54. The molecule has 17 heavy (non-hydrogen) atoms. The average molecular weight is 455 g/mol. The number of nitrogens with one attached hydrogen (secondary N) is 1. The standard InChI is InChI=1S/C11H7I2NO3/c12-5-8(15)6-1-3-9(17-13)11-7(6)2-4-10(16)14-11/h1-4H,5H2,(H,14,16). The first-order valence-electron chi connectivity index (χ1n) is 4.71. The van der Waals surface area contributed by atoms with E-state index in [0.29, 0.717) is 26.6 Å². The summed E-state index contributed by atoms with van der Waals surface area (Å²) in [6.07, 6.45) is 0. The fourth-order valence-corrected chi connectivity index (χ4v) is 2.38. The van der Waals surface area contributed by atoms with E-state index in [1.54, 1.807) is 41.2 Å². The Kier molecular flexibility index (Phi) is 4.02. The quantitative estimate of drug-likeness (QED) is 0.440. The smallest absolute Gasteiger partial charge is 0.248 e. The molecule has 88 valence electrons. The maximum atomic E-state index is 11.8. The third-order valence-electron chi connectivity index (χ3n) is 2.36. The van der Waals surface area contributed by atoms with Gasteiger partial charge in [0.15, 0.2) is 34.5 Å². The van der Waals surface area contributed by atoms with Crippen molar-refractivity contribution >= 4 is 62.3 Å². The van der Waals surface area contributed by atoms with Gasteiger partial charge in [0.25, 0.3) is 0 Å². The van der Waals surface area contributed by atoms with Crippen LogP contribution in [0.5, 0.6) is 5.75 Å². The number of hydrogen-bond donors (Lipinski definition) is 1. The molecule has 0 aliphatic heterocycles. The molecule has 0 saturated heterocycles. The number of Topliss-reactive ketones (excluding diaryl/α,β-unsaturated/α-hetero) is 1. The molecule has 1 N–H and O–H groups in total. The van der Waals surface area contributed by atoms with E-state index in [1.807, 2.05) is 22.6 Å². The summed E-state index contributed by atoms with van der Waals surface area (Å²) in [7, 11) is 0. The Balaban J connectivity index is 2.82. The highest BCUT2D eigenvalue weighted by Gasteiger charge is 2.12. The molecule has 0 unspecified atom stereocenters. The Morgan fingerprint density at radius 2 is 2.06 bits per heavy atom. The Morgan fingerprint density at radius 1 is 1.29 bits per heavy atom. The minimum absolute atomic E-state index is 0.0302. The number of aromatic amines is 1. The summed E-state index contributed by atoms with van der Waals surface area (Å²) in [4.78, 5) is 25.8. The maximum absolute atomic E-state index is 11.8. The van der Waals surface area contributed by atoms with Crippen molar-refractivity contribution in [1.82, 2.24) is 4.98 Å². The minimum atomic E-state index is -0.216.